The van der Waals surface area contributed by atoms with E-state index < -0.39 is 0 Å². The number of nitrogens with zero attached hydrogens (tertiary/aromatic N) is 1. The van der Waals surface area contributed by atoms with Crippen LogP contribution in [0.1, 0.15) is 28.8 Å². The van der Waals surface area contributed by atoms with Crippen molar-refractivity contribution in [3.05, 3.63) is 65.5 Å². The molecule has 1 fully saturated rings. The van der Waals surface area contributed by atoms with Crippen LogP contribution in [0, 0.1) is 5.82 Å². The number of ether oxygens (including phenoxy) is 1. The second kappa shape index (κ2) is 8.47. The van der Waals surface area contributed by atoms with Crippen LogP contribution in [0.3, 0.4) is 0 Å². The van der Waals surface area contributed by atoms with Crippen molar-refractivity contribution in [3.8, 4) is 5.75 Å². The summed E-state index contributed by atoms with van der Waals surface area (Å²) in [5.41, 5.74) is 1.57. The van der Waals surface area contributed by atoms with Crippen LogP contribution in [0.5, 0.6) is 5.75 Å². The molecule has 0 aromatic heterocycles. The summed E-state index contributed by atoms with van der Waals surface area (Å²) < 4.78 is 18.1. The zero-order chi connectivity index (χ0) is 18.4. The first-order valence-electron chi connectivity index (χ1n) is 8.65. The van der Waals surface area contributed by atoms with E-state index in [1.54, 1.807) is 12.1 Å². The van der Waals surface area contributed by atoms with Gasteiger partial charge in [-0.05, 0) is 54.8 Å². The van der Waals surface area contributed by atoms with Gasteiger partial charge in [0, 0.05) is 25.2 Å². The van der Waals surface area contributed by atoms with E-state index in [0.717, 1.165) is 31.5 Å². The maximum absolute atomic E-state index is 12.8. The van der Waals surface area contributed by atoms with Crippen molar-refractivity contribution in [2.24, 2.45) is 0 Å². The van der Waals surface area contributed by atoms with E-state index in [2.05, 4.69) is 5.32 Å². The largest absolute Gasteiger partial charge is 0.484 e. The van der Waals surface area contributed by atoms with Gasteiger partial charge >= 0.3 is 0 Å². The lowest BCUT2D eigenvalue weighted by molar-refractivity contribution is -0.123. The summed E-state index contributed by atoms with van der Waals surface area (Å²) in [6.45, 7) is 1.86. The molecule has 0 spiro atoms. The Morgan fingerprint density at radius 1 is 1.00 bits per heavy atom. The van der Waals surface area contributed by atoms with Gasteiger partial charge in [-0.1, -0.05) is 12.1 Å². The predicted octanol–water partition coefficient (Wildman–Crippen LogP) is 2.76. The van der Waals surface area contributed by atoms with Crippen LogP contribution < -0.4 is 10.1 Å². The fourth-order valence-corrected chi connectivity index (χ4v) is 2.80. The monoisotopic (exact) mass is 356 g/mol. The molecule has 1 aliphatic heterocycles. The lowest BCUT2D eigenvalue weighted by atomic mass is 10.1. The Balaban J connectivity index is 1.44. The quantitative estimate of drug-likeness (QED) is 0.866. The summed E-state index contributed by atoms with van der Waals surface area (Å²) in [5.74, 6) is -0.128. The number of hydrogen-bond donors (Lipinski definition) is 1. The molecule has 1 aliphatic rings. The number of amides is 2. The molecule has 26 heavy (non-hydrogen) atoms. The van der Waals surface area contributed by atoms with Crippen molar-refractivity contribution in [2.75, 3.05) is 19.7 Å². The fraction of sp³-hybridized carbons (Fsp3) is 0.300. The van der Waals surface area contributed by atoms with E-state index in [1.165, 1.54) is 24.3 Å². The standard InChI is InChI=1S/C20H21FN2O3/c21-17-7-9-18(10-8-17)26-14-19(24)22-13-15-3-5-16(6-4-15)20(25)23-11-1-2-12-23/h3-10H,1-2,11-14H2,(H,22,24). The van der Waals surface area contributed by atoms with Gasteiger partial charge in [0.15, 0.2) is 6.61 Å². The number of carbonyl (C=O) groups excluding carboxylic acids is 2. The lowest BCUT2D eigenvalue weighted by Gasteiger charge is -2.15. The molecule has 0 radical (unpaired) electrons. The van der Waals surface area contributed by atoms with Gasteiger partial charge in [-0.25, -0.2) is 4.39 Å². The average molecular weight is 356 g/mol. The van der Waals surface area contributed by atoms with Gasteiger partial charge in [0.25, 0.3) is 11.8 Å². The minimum Gasteiger partial charge on any atom is -0.484 e. The Labute approximate surface area is 151 Å². The molecule has 2 amide bonds. The Bertz CT molecular complexity index is 754. The van der Waals surface area contributed by atoms with Gasteiger partial charge in [-0.2, -0.15) is 0 Å². The average Bonchev–Trinajstić information content (AvgIpc) is 3.20. The highest BCUT2D eigenvalue weighted by Gasteiger charge is 2.19. The Morgan fingerprint density at radius 3 is 2.31 bits per heavy atom. The molecule has 2 aromatic rings. The topological polar surface area (TPSA) is 58.6 Å². The Morgan fingerprint density at radius 2 is 1.65 bits per heavy atom. The molecule has 1 heterocycles. The van der Waals surface area contributed by atoms with E-state index in [9.17, 15) is 14.0 Å². The van der Waals surface area contributed by atoms with E-state index in [1.807, 2.05) is 17.0 Å². The van der Waals surface area contributed by atoms with E-state index >= 15 is 0 Å². The molecule has 5 nitrogen and oxygen atoms in total. The highest BCUT2D eigenvalue weighted by atomic mass is 19.1. The molecule has 136 valence electrons. The Hall–Kier alpha value is -2.89. The molecule has 6 heteroatoms. The third-order valence-corrected chi connectivity index (χ3v) is 4.27. The maximum Gasteiger partial charge on any atom is 0.258 e. The summed E-state index contributed by atoms with van der Waals surface area (Å²) in [5, 5.41) is 2.75. The van der Waals surface area contributed by atoms with Crippen molar-refractivity contribution in [2.45, 2.75) is 19.4 Å². The first-order chi connectivity index (χ1) is 12.6. The van der Waals surface area contributed by atoms with Crippen molar-refractivity contribution in [3.63, 3.8) is 0 Å². The van der Waals surface area contributed by atoms with E-state index in [4.69, 9.17) is 4.74 Å². The number of nitrogens with one attached hydrogen (secondary N) is 1. The molecule has 2 aromatic carbocycles. The molecule has 0 unspecified atom stereocenters. The van der Waals surface area contributed by atoms with Crippen LogP contribution in [0.25, 0.3) is 0 Å². The number of hydrogen-bond acceptors (Lipinski definition) is 3. The highest BCUT2D eigenvalue weighted by Crippen LogP contribution is 2.14. The molecule has 1 N–H and O–H groups in total. The molecular weight excluding hydrogens is 335 g/mol. The van der Waals surface area contributed by atoms with Crippen LogP contribution in [0.15, 0.2) is 48.5 Å². The maximum atomic E-state index is 12.8. The van der Waals surface area contributed by atoms with Crippen LogP contribution in [-0.2, 0) is 11.3 Å². The van der Waals surface area contributed by atoms with Gasteiger partial charge in [0.2, 0.25) is 0 Å². The molecule has 0 saturated carbocycles. The number of rotatable bonds is 6. The number of benzene rings is 2. The van der Waals surface area contributed by atoms with Gasteiger partial charge in [-0.3, -0.25) is 9.59 Å². The highest BCUT2D eigenvalue weighted by molar-refractivity contribution is 5.94. The van der Waals surface area contributed by atoms with Crippen molar-refractivity contribution in [1.29, 1.82) is 0 Å². The summed E-state index contributed by atoms with van der Waals surface area (Å²) in [6.07, 6.45) is 2.13. The van der Waals surface area contributed by atoms with E-state index in [0.29, 0.717) is 17.9 Å². The van der Waals surface area contributed by atoms with Crippen LogP contribution in [0.4, 0.5) is 4.39 Å². The van der Waals surface area contributed by atoms with Gasteiger partial charge < -0.3 is 15.0 Å². The minimum absolute atomic E-state index is 0.0609. The third-order valence-electron chi connectivity index (χ3n) is 4.27. The van der Waals surface area contributed by atoms with Crippen LogP contribution in [0.2, 0.25) is 0 Å². The zero-order valence-corrected chi connectivity index (χ0v) is 14.4. The lowest BCUT2D eigenvalue weighted by Crippen LogP contribution is -2.29. The normalized spacial score (nSPS) is 13.5. The first kappa shape index (κ1) is 17.9. The van der Waals surface area contributed by atoms with Crippen molar-refractivity contribution >= 4 is 11.8 Å². The summed E-state index contributed by atoms with van der Waals surface area (Å²) in [4.78, 5) is 26.0. The minimum atomic E-state index is -0.353. The zero-order valence-electron chi connectivity index (χ0n) is 14.4. The van der Waals surface area contributed by atoms with Crippen LogP contribution in [-0.4, -0.2) is 36.4 Å². The van der Waals surface area contributed by atoms with E-state index in [-0.39, 0.29) is 24.2 Å². The number of carbonyl (C=O) groups is 2. The molecule has 0 aliphatic carbocycles. The third kappa shape index (κ3) is 4.81. The van der Waals surface area contributed by atoms with Gasteiger partial charge in [0.05, 0.1) is 0 Å². The molecule has 3 rings (SSSR count). The smallest absolute Gasteiger partial charge is 0.258 e. The first-order valence-corrected chi connectivity index (χ1v) is 8.65. The van der Waals surface area contributed by atoms with Gasteiger partial charge in [-0.15, -0.1) is 0 Å². The molecule has 0 bridgehead atoms. The summed E-state index contributed by atoms with van der Waals surface area (Å²) in [7, 11) is 0. The van der Waals surface area contributed by atoms with Gasteiger partial charge in [0.1, 0.15) is 11.6 Å². The summed E-state index contributed by atoms with van der Waals surface area (Å²) in [6, 6.07) is 12.7. The number of likely N-dealkylation sites (tertiary alicyclic amines) is 1. The fourth-order valence-electron chi connectivity index (χ4n) is 2.80. The van der Waals surface area contributed by atoms with Crippen molar-refractivity contribution < 1.29 is 18.7 Å². The number of halogens is 1. The summed E-state index contributed by atoms with van der Waals surface area (Å²) >= 11 is 0. The molecular formula is C20H21FN2O3. The second-order valence-electron chi connectivity index (χ2n) is 6.22. The Kier molecular flexibility index (Phi) is 5.84. The SMILES string of the molecule is O=C(COc1ccc(F)cc1)NCc1ccc(C(=O)N2CCCC2)cc1. The van der Waals surface area contributed by atoms with Crippen molar-refractivity contribution in [1.82, 2.24) is 10.2 Å². The molecule has 0 atom stereocenters. The van der Waals surface area contributed by atoms with Crippen LogP contribution >= 0.6 is 0 Å². The second-order valence-corrected chi connectivity index (χ2v) is 6.22. The predicted molar refractivity (Wildman–Crippen MR) is 95.3 cm³/mol. The molecule has 1 saturated heterocycles.